The van der Waals surface area contributed by atoms with E-state index in [9.17, 15) is 9.90 Å². The Kier molecular flexibility index (Phi) is 3.63. The van der Waals surface area contributed by atoms with E-state index in [1.807, 2.05) is 16.8 Å². The fraction of sp³-hybridized carbons (Fsp3) is 0.385. The van der Waals surface area contributed by atoms with Gasteiger partial charge in [0.1, 0.15) is 10.7 Å². The van der Waals surface area contributed by atoms with Gasteiger partial charge in [-0.05, 0) is 24.3 Å². The van der Waals surface area contributed by atoms with Crippen LogP contribution in [0.15, 0.2) is 22.2 Å². The first-order chi connectivity index (χ1) is 9.24. The highest BCUT2D eigenvalue weighted by Gasteiger charge is 2.24. The summed E-state index contributed by atoms with van der Waals surface area (Å²) in [4.78, 5) is 18.4. The summed E-state index contributed by atoms with van der Waals surface area (Å²) in [6.07, 6.45) is 1.24. The van der Waals surface area contributed by atoms with Crippen LogP contribution in [-0.2, 0) is 0 Å². The van der Waals surface area contributed by atoms with Gasteiger partial charge >= 0.3 is 0 Å². The molecule has 1 N–H and O–H groups in total. The molecular formula is C13H14N2O2S2. The lowest BCUT2D eigenvalue weighted by atomic mass is 10.1. The predicted octanol–water partition coefficient (Wildman–Crippen LogP) is 2.47. The number of hydrogen-bond donors (Lipinski definition) is 1. The van der Waals surface area contributed by atoms with Crippen molar-refractivity contribution in [1.82, 2.24) is 9.88 Å². The zero-order valence-electron chi connectivity index (χ0n) is 10.3. The van der Waals surface area contributed by atoms with Crippen molar-refractivity contribution >= 4 is 28.6 Å². The molecule has 0 spiro atoms. The number of rotatable bonds is 2. The number of carbonyl (C=O) groups is 1. The lowest BCUT2D eigenvalue weighted by Gasteiger charge is -2.29. The Labute approximate surface area is 119 Å². The van der Waals surface area contributed by atoms with Crippen LogP contribution in [0.25, 0.3) is 10.6 Å². The summed E-state index contributed by atoms with van der Waals surface area (Å²) in [5, 5.41) is 16.3. The molecule has 100 valence electrons. The zero-order chi connectivity index (χ0) is 13.2. The molecule has 19 heavy (non-hydrogen) atoms. The largest absolute Gasteiger partial charge is 0.391 e. The molecule has 2 aromatic rings. The highest BCUT2D eigenvalue weighted by atomic mass is 32.1. The second kappa shape index (κ2) is 5.40. The molecule has 1 fully saturated rings. The second-order valence-corrected chi connectivity index (χ2v) is 6.24. The lowest BCUT2D eigenvalue weighted by molar-refractivity contribution is 0.0469. The number of hydrogen-bond acceptors (Lipinski definition) is 5. The lowest BCUT2D eigenvalue weighted by Crippen LogP contribution is -2.42. The molecule has 0 radical (unpaired) electrons. The van der Waals surface area contributed by atoms with Crippen molar-refractivity contribution in [2.75, 3.05) is 13.1 Å². The molecule has 1 amide bonds. The fourth-order valence-corrected chi connectivity index (χ4v) is 3.70. The van der Waals surface area contributed by atoms with E-state index in [1.165, 1.54) is 11.3 Å². The quantitative estimate of drug-likeness (QED) is 0.925. The summed E-state index contributed by atoms with van der Waals surface area (Å²) in [5.41, 5.74) is 1.55. The van der Waals surface area contributed by atoms with E-state index < -0.39 is 6.10 Å². The van der Waals surface area contributed by atoms with Crippen molar-refractivity contribution in [1.29, 1.82) is 0 Å². The molecule has 3 heterocycles. The number of aliphatic hydroxyl groups is 1. The summed E-state index contributed by atoms with van der Waals surface area (Å²) in [5.74, 6) is -0.0727. The van der Waals surface area contributed by atoms with Crippen LogP contribution in [0.2, 0.25) is 0 Å². The summed E-state index contributed by atoms with van der Waals surface area (Å²) in [7, 11) is 0. The average molecular weight is 294 g/mol. The highest BCUT2D eigenvalue weighted by molar-refractivity contribution is 7.14. The monoisotopic (exact) mass is 294 g/mol. The van der Waals surface area contributed by atoms with Crippen molar-refractivity contribution in [3.63, 3.8) is 0 Å². The third-order valence-electron chi connectivity index (χ3n) is 3.18. The summed E-state index contributed by atoms with van der Waals surface area (Å²) < 4.78 is 0. The van der Waals surface area contributed by atoms with E-state index >= 15 is 0 Å². The summed E-state index contributed by atoms with van der Waals surface area (Å²) >= 11 is 3.10. The highest BCUT2D eigenvalue weighted by Crippen LogP contribution is 2.26. The van der Waals surface area contributed by atoms with E-state index in [-0.39, 0.29) is 5.91 Å². The van der Waals surface area contributed by atoms with Crippen LogP contribution in [0.1, 0.15) is 23.3 Å². The Morgan fingerprint density at radius 1 is 1.47 bits per heavy atom. The number of likely N-dealkylation sites (tertiary alicyclic amines) is 1. The molecule has 0 saturated carbocycles. The average Bonchev–Trinajstić information content (AvgIpc) is 3.08. The number of piperidine rings is 1. The van der Waals surface area contributed by atoms with Crippen LogP contribution in [0, 0.1) is 0 Å². The molecule has 1 aliphatic rings. The van der Waals surface area contributed by atoms with Gasteiger partial charge in [-0.25, -0.2) is 4.98 Å². The SMILES string of the molecule is O=C(c1csc(-c2ccsc2)n1)N1CCC[C@H](O)C1. The number of carbonyl (C=O) groups excluding carboxylic acids is 1. The molecule has 0 unspecified atom stereocenters. The van der Waals surface area contributed by atoms with Gasteiger partial charge < -0.3 is 10.0 Å². The van der Waals surface area contributed by atoms with Crippen LogP contribution in [-0.4, -0.2) is 40.1 Å². The van der Waals surface area contributed by atoms with Crippen molar-refractivity contribution in [3.05, 3.63) is 27.9 Å². The van der Waals surface area contributed by atoms with E-state index in [1.54, 1.807) is 21.6 Å². The number of aliphatic hydroxyl groups excluding tert-OH is 1. The number of thiazole rings is 1. The molecule has 0 bridgehead atoms. The number of nitrogens with zero attached hydrogens (tertiary/aromatic N) is 2. The van der Waals surface area contributed by atoms with Gasteiger partial charge in [-0.1, -0.05) is 0 Å². The third kappa shape index (κ3) is 2.70. The maximum Gasteiger partial charge on any atom is 0.273 e. The first-order valence-electron chi connectivity index (χ1n) is 6.19. The van der Waals surface area contributed by atoms with Gasteiger partial charge in [0.2, 0.25) is 0 Å². The van der Waals surface area contributed by atoms with Gasteiger partial charge in [-0.3, -0.25) is 4.79 Å². The smallest absolute Gasteiger partial charge is 0.273 e. The molecule has 1 aliphatic heterocycles. The van der Waals surface area contributed by atoms with Crippen molar-refractivity contribution in [2.45, 2.75) is 18.9 Å². The van der Waals surface area contributed by atoms with Gasteiger partial charge in [0, 0.05) is 29.4 Å². The minimum absolute atomic E-state index is 0.0727. The molecule has 0 aromatic carbocycles. The summed E-state index contributed by atoms with van der Waals surface area (Å²) in [6, 6.07) is 2.00. The Morgan fingerprint density at radius 2 is 2.37 bits per heavy atom. The first-order valence-corrected chi connectivity index (χ1v) is 8.02. The Bertz CT molecular complexity index is 565. The zero-order valence-corrected chi connectivity index (χ0v) is 11.9. The first kappa shape index (κ1) is 12.8. The summed E-state index contributed by atoms with van der Waals surface area (Å²) in [6.45, 7) is 1.13. The minimum Gasteiger partial charge on any atom is -0.391 e. The molecule has 1 atom stereocenters. The predicted molar refractivity (Wildman–Crippen MR) is 76.6 cm³/mol. The van der Waals surface area contributed by atoms with Crippen LogP contribution in [0.4, 0.5) is 0 Å². The van der Waals surface area contributed by atoms with Crippen molar-refractivity contribution in [2.24, 2.45) is 0 Å². The van der Waals surface area contributed by atoms with E-state index in [0.29, 0.717) is 18.8 Å². The van der Waals surface area contributed by atoms with E-state index in [4.69, 9.17) is 0 Å². The van der Waals surface area contributed by atoms with E-state index in [0.717, 1.165) is 23.4 Å². The van der Waals surface area contributed by atoms with Crippen molar-refractivity contribution in [3.8, 4) is 10.6 Å². The number of β-amino-alcohol motifs (C(OH)–C–C–N with tert-alkyl or cyclic N) is 1. The van der Waals surface area contributed by atoms with Crippen LogP contribution < -0.4 is 0 Å². The molecular weight excluding hydrogens is 280 g/mol. The number of aromatic nitrogens is 1. The normalized spacial score (nSPS) is 19.6. The van der Waals surface area contributed by atoms with Gasteiger partial charge in [0.25, 0.3) is 5.91 Å². The Balaban J connectivity index is 1.77. The standard InChI is InChI=1S/C13H14N2O2S2/c16-10-2-1-4-15(6-10)13(17)11-8-19-12(14-11)9-3-5-18-7-9/h3,5,7-8,10,16H,1-2,4,6H2/t10-/m0/s1. The van der Waals surface area contributed by atoms with Gasteiger partial charge in [0.15, 0.2) is 0 Å². The van der Waals surface area contributed by atoms with Gasteiger partial charge in [0.05, 0.1) is 6.10 Å². The Hall–Kier alpha value is -1.24. The topological polar surface area (TPSA) is 53.4 Å². The van der Waals surface area contributed by atoms with Gasteiger partial charge in [-0.15, -0.1) is 11.3 Å². The van der Waals surface area contributed by atoms with Crippen LogP contribution in [0.3, 0.4) is 0 Å². The van der Waals surface area contributed by atoms with E-state index in [2.05, 4.69) is 4.98 Å². The Morgan fingerprint density at radius 3 is 3.11 bits per heavy atom. The maximum atomic E-state index is 12.3. The number of amides is 1. The van der Waals surface area contributed by atoms with Crippen LogP contribution in [0.5, 0.6) is 0 Å². The second-order valence-electron chi connectivity index (χ2n) is 4.60. The molecule has 0 aliphatic carbocycles. The third-order valence-corrected chi connectivity index (χ3v) is 4.75. The molecule has 1 saturated heterocycles. The number of thiophene rings is 1. The molecule has 2 aromatic heterocycles. The van der Waals surface area contributed by atoms with Crippen molar-refractivity contribution < 1.29 is 9.90 Å². The van der Waals surface area contributed by atoms with Gasteiger partial charge in [-0.2, -0.15) is 11.3 Å². The molecule has 3 rings (SSSR count). The fourth-order valence-electron chi connectivity index (χ4n) is 2.19. The minimum atomic E-state index is -0.396. The molecule has 4 nitrogen and oxygen atoms in total. The maximum absolute atomic E-state index is 12.3. The van der Waals surface area contributed by atoms with Crippen LogP contribution >= 0.6 is 22.7 Å². The molecule has 6 heteroatoms.